The number of hydrogen-bond acceptors (Lipinski definition) is 4. The van der Waals surface area contributed by atoms with Crippen LogP contribution in [0.25, 0.3) is 6.08 Å². The van der Waals surface area contributed by atoms with Gasteiger partial charge in [-0.3, -0.25) is 0 Å². The van der Waals surface area contributed by atoms with Gasteiger partial charge in [0.25, 0.3) is 0 Å². The second kappa shape index (κ2) is 4.78. The molecule has 1 aliphatic heterocycles. The summed E-state index contributed by atoms with van der Waals surface area (Å²) >= 11 is 0. The van der Waals surface area contributed by atoms with Gasteiger partial charge in [0.2, 0.25) is 0 Å². The zero-order valence-corrected chi connectivity index (χ0v) is 12.0. The average Bonchev–Trinajstić information content (AvgIpc) is 2.35. The maximum absolute atomic E-state index is 9.86. The summed E-state index contributed by atoms with van der Waals surface area (Å²) in [7, 11) is 3.17. The third-order valence-corrected chi connectivity index (χ3v) is 3.15. The van der Waals surface area contributed by atoms with Crippen LogP contribution in [-0.4, -0.2) is 24.9 Å². The smallest absolute Gasteiger partial charge is 0.173 e. The Hall–Kier alpha value is -1.68. The fourth-order valence-electron chi connectivity index (χ4n) is 2.19. The zero-order valence-electron chi connectivity index (χ0n) is 12.0. The molecule has 0 radical (unpaired) electrons. The summed E-state index contributed by atoms with van der Waals surface area (Å²) in [5.74, 6) is 1.87. The lowest BCUT2D eigenvalue weighted by Crippen LogP contribution is -2.28. The highest BCUT2D eigenvalue weighted by Crippen LogP contribution is 2.46. The van der Waals surface area contributed by atoms with Crippen LogP contribution in [-0.2, 0) is 0 Å². The highest BCUT2D eigenvalue weighted by Gasteiger charge is 2.29. The first kappa shape index (κ1) is 13.7. The molecule has 0 aromatic heterocycles. The minimum absolute atomic E-state index is 0.391. The third-order valence-electron chi connectivity index (χ3n) is 3.15. The highest BCUT2D eigenvalue weighted by molar-refractivity contribution is 5.73. The number of aliphatic hydroxyl groups excluding tert-OH is 1. The lowest BCUT2D eigenvalue weighted by Gasteiger charge is -2.30. The Morgan fingerprint density at radius 2 is 1.95 bits per heavy atom. The zero-order chi connectivity index (χ0) is 14.2. The summed E-state index contributed by atoms with van der Waals surface area (Å²) in [5, 5.41) is 9.86. The monoisotopic (exact) mass is 264 g/mol. The molecule has 0 amide bonds. The van der Waals surface area contributed by atoms with E-state index in [1.165, 1.54) is 0 Å². The normalized spacial score (nSPS) is 17.4. The first-order valence-electron chi connectivity index (χ1n) is 6.25. The van der Waals surface area contributed by atoms with Crippen molar-refractivity contribution in [3.63, 3.8) is 0 Å². The maximum atomic E-state index is 9.86. The molecule has 1 unspecified atom stereocenters. The molecule has 1 aromatic rings. The fraction of sp³-hybridized carbons (Fsp3) is 0.467. The summed E-state index contributed by atoms with van der Waals surface area (Å²) in [5.41, 5.74) is 1.10. The molecule has 4 heteroatoms. The number of aliphatic hydroxyl groups is 1. The van der Waals surface area contributed by atoms with Gasteiger partial charge in [-0.05, 0) is 39.0 Å². The minimum atomic E-state index is -0.641. The van der Waals surface area contributed by atoms with E-state index in [0.29, 0.717) is 22.8 Å². The van der Waals surface area contributed by atoms with Crippen LogP contribution in [0.1, 0.15) is 38.0 Å². The van der Waals surface area contributed by atoms with E-state index >= 15 is 0 Å². The number of benzene rings is 1. The Morgan fingerprint density at radius 3 is 2.47 bits per heavy atom. The molecular formula is C15H20O4. The van der Waals surface area contributed by atoms with Crippen molar-refractivity contribution in [3.8, 4) is 17.2 Å². The lowest BCUT2D eigenvalue weighted by molar-refractivity contribution is 0.150. The van der Waals surface area contributed by atoms with Crippen molar-refractivity contribution in [2.24, 2.45) is 0 Å². The van der Waals surface area contributed by atoms with Crippen LogP contribution < -0.4 is 14.2 Å². The highest BCUT2D eigenvalue weighted by atomic mass is 16.5. The molecule has 0 fully saturated rings. The Morgan fingerprint density at radius 1 is 1.26 bits per heavy atom. The third kappa shape index (κ3) is 2.40. The second-order valence-electron chi connectivity index (χ2n) is 5.16. The summed E-state index contributed by atoms with van der Waals surface area (Å²) in [6, 6.07) is 1.76. The van der Waals surface area contributed by atoms with E-state index in [1.807, 2.05) is 26.0 Å². The van der Waals surface area contributed by atoms with Crippen LogP contribution in [0.2, 0.25) is 0 Å². The molecule has 104 valence electrons. The van der Waals surface area contributed by atoms with Crippen molar-refractivity contribution >= 4 is 6.08 Å². The minimum Gasteiger partial charge on any atom is -0.496 e. The van der Waals surface area contributed by atoms with E-state index in [2.05, 4.69) is 0 Å². The number of fused-ring (bicyclic) bond motifs is 1. The van der Waals surface area contributed by atoms with Crippen molar-refractivity contribution in [2.45, 2.75) is 32.5 Å². The van der Waals surface area contributed by atoms with E-state index in [9.17, 15) is 5.11 Å². The predicted octanol–water partition coefficient (Wildman–Crippen LogP) is 2.94. The molecule has 1 atom stereocenters. The average molecular weight is 264 g/mol. The number of ether oxygens (including phenoxy) is 3. The Balaban J connectivity index is 2.69. The molecule has 1 aromatic carbocycles. The Labute approximate surface area is 113 Å². The summed E-state index contributed by atoms with van der Waals surface area (Å²) in [6.07, 6.45) is 3.27. The van der Waals surface area contributed by atoms with Crippen molar-refractivity contribution in [1.29, 1.82) is 0 Å². The van der Waals surface area contributed by atoms with E-state index in [-0.39, 0.29) is 0 Å². The summed E-state index contributed by atoms with van der Waals surface area (Å²) < 4.78 is 16.7. The fourth-order valence-corrected chi connectivity index (χ4v) is 2.19. The van der Waals surface area contributed by atoms with E-state index in [4.69, 9.17) is 14.2 Å². The molecule has 4 nitrogen and oxygen atoms in total. The standard InChI is InChI=1S/C15H20O4/c1-9(16)11-8-12(17-4)14-10(13(11)18-5)6-7-15(2,3)19-14/h6-9,16H,1-5H3. The van der Waals surface area contributed by atoms with Gasteiger partial charge < -0.3 is 19.3 Å². The number of hydrogen-bond donors (Lipinski definition) is 1. The van der Waals surface area contributed by atoms with Gasteiger partial charge in [-0.2, -0.15) is 0 Å². The first-order chi connectivity index (χ1) is 8.89. The summed E-state index contributed by atoms with van der Waals surface area (Å²) in [4.78, 5) is 0. The van der Waals surface area contributed by atoms with E-state index in [0.717, 1.165) is 5.56 Å². The summed E-state index contributed by atoms with van der Waals surface area (Å²) in [6.45, 7) is 5.64. The second-order valence-corrected chi connectivity index (χ2v) is 5.16. The number of methoxy groups -OCH3 is 2. The van der Waals surface area contributed by atoms with Crippen molar-refractivity contribution in [3.05, 3.63) is 23.3 Å². The van der Waals surface area contributed by atoms with Gasteiger partial charge in [-0.15, -0.1) is 0 Å². The van der Waals surface area contributed by atoms with Crippen molar-refractivity contribution < 1.29 is 19.3 Å². The van der Waals surface area contributed by atoms with Crippen LogP contribution >= 0.6 is 0 Å². The molecule has 0 saturated heterocycles. The first-order valence-corrected chi connectivity index (χ1v) is 6.25. The van der Waals surface area contributed by atoms with Gasteiger partial charge in [0, 0.05) is 5.56 Å². The predicted molar refractivity (Wildman–Crippen MR) is 73.9 cm³/mol. The van der Waals surface area contributed by atoms with Gasteiger partial charge in [0.1, 0.15) is 11.4 Å². The van der Waals surface area contributed by atoms with Gasteiger partial charge >= 0.3 is 0 Å². The van der Waals surface area contributed by atoms with Crippen LogP contribution in [0, 0.1) is 0 Å². The molecule has 1 N–H and O–H groups in total. The van der Waals surface area contributed by atoms with Gasteiger partial charge in [-0.25, -0.2) is 0 Å². The van der Waals surface area contributed by atoms with Crippen LogP contribution in [0.3, 0.4) is 0 Å². The quantitative estimate of drug-likeness (QED) is 0.911. The molecule has 0 spiro atoms. The lowest BCUT2D eigenvalue weighted by atomic mass is 9.97. The molecule has 0 aliphatic carbocycles. The van der Waals surface area contributed by atoms with Crippen LogP contribution in [0.4, 0.5) is 0 Å². The van der Waals surface area contributed by atoms with Crippen molar-refractivity contribution in [1.82, 2.24) is 0 Å². The Kier molecular flexibility index (Phi) is 3.45. The molecule has 2 rings (SSSR count). The van der Waals surface area contributed by atoms with Gasteiger partial charge in [0.05, 0.1) is 25.9 Å². The topological polar surface area (TPSA) is 47.9 Å². The molecule has 1 heterocycles. The molecule has 1 aliphatic rings. The van der Waals surface area contributed by atoms with Crippen LogP contribution in [0.15, 0.2) is 12.1 Å². The molecular weight excluding hydrogens is 244 g/mol. The molecule has 19 heavy (non-hydrogen) atoms. The Bertz CT molecular complexity index is 515. The van der Waals surface area contributed by atoms with Crippen molar-refractivity contribution in [2.75, 3.05) is 14.2 Å². The van der Waals surface area contributed by atoms with E-state index in [1.54, 1.807) is 27.2 Å². The SMILES string of the molecule is COc1cc(C(C)O)c(OC)c2c1OC(C)(C)C=C2. The van der Waals surface area contributed by atoms with Gasteiger partial charge in [0.15, 0.2) is 11.5 Å². The van der Waals surface area contributed by atoms with Crippen LogP contribution in [0.5, 0.6) is 17.2 Å². The molecule has 0 saturated carbocycles. The van der Waals surface area contributed by atoms with E-state index < -0.39 is 11.7 Å². The number of rotatable bonds is 3. The maximum Gasteiger partial charge on any atom is 0.173 e. The molecule has 0 bridgehead atoms. The van der Waals surface area contributed by atoms with Gasteiger partial charge in [-0.1, -0.05) is 0 Å². The largest absolute Gasteiger partial charge is 0.496 e.